The van der Waals surface area contributed by atoms with Crippen LogP contribution in [0.15, 0.2) is 34.2 Å². The third-order valence-corrected chi connectivity index (χ3v) is 5.55. The molecule has 1 aliphatic rings. The second-order valence-corrected chi connectivity index (χ2v) is 7.96. The Morgan fingerprint density at radius 2 is 2.00 bits per heavy atom. The minimum absolute atomic E-state index is 0.0136. The predicted molar refractivity (Wildman–Crippen MR) is 81.8 cm³/mol. The Morgan fingerprint density at radius 3 is 2.47 bits per heavy atom. The summed E-state index contributed by atoms with van der Waals surface area (Å²) in [4.78, 5) is 4.99. The van der Waals surface area contributed by atoms with Gasteiger partial charge in [-0.3, -0.25) is 4.99 Å². The SMILES string of the molecule is CCC1(C)CSC(Nc2ccc(S(C)(=O)=O)cc2)=N1. The highest BCUT2D eigenvalue weighted by molar-refractivity contribution is 8.14. The van der Waals surface area contributed by atoms with Crippen LogP contribution in [-0.2, 0) is 9.84 Å². The second-order valence-electron chi connectivity index (χ2n) is 4.98. The third-order valence-electron chi connectivity index (χ3n) is 3.19. The van der Waals surface area contributed by atoms with E-state index < -0.39 is 9.84 Å². The highest BCUT2D eigenvalue weighted by atomic mass is 32.2. The molecule has 0 saturated heterocycles. The Hall–Kier alpha value is -1.01. The zero-order valence-electron chi connectivity index (χ0n) is 11.3. The lowest BCUT2D eigenvalue weighted by molar-refractivity contribution is 0.523. The summed E-state index contributed by atoms with van der Waals surface area (Å²) in [5.74, 6) is 0.979. The van der Waals surface area contributed by atoms with Gasteiger partial charge in [-0.05, 0) is 37.6 Å². The van der Waals surface area contributed by atoms with Gasteiger partial charge in [0.1, 0.15) is 0 Å². The number of thioether (sulfide) groups is 1. The third kappa shape index (κ3) is 3.51. The maximum atomic E-state index is 11.4. The summed E-state index contributed by atoms with van der Waals surface area (Å²) < 4.78 is 22.7. The number of nitrogens with zero attached hydrogens (tertiary/aromatic N) is 1. The van der Waals surface area contributed by atoms with Crippen molar-refractivity contribution < 1.29 is 8.42 Å². The summed E-state index contributed by atoms with van der Waals surface area (Å²) in [6, 6.07) is 6.75. The van der Waals surface area contributed by atoms with E-state index in [0.29, 0.717) is 4.90 Å². The summed E-state index contributed by atoms with van der Waals surface area (Å²) in [6.07, 6.45) is 2.22. The molecule has 0 fully saturated rings. The maximum Gasteiger partial charge on any atom is 0.175 e. The molecule has 1 heterocycles. The molecule has 0 bridgehead atoms. The standard InChI is InChI=1S/C13H18N2O2S2/c1-4-13(2)9-18-12(15-13)14-10-5-7-11(8-6-10)19(3,16)17/h5-8H,4,9H2,1-3H3,(H,14,15). The van der Waals surface area contributed by atoms with Gasteiger partial charge in [-0.25, -0.2) is 8.42 Å². The Bertz CT molecular complexity index is 594. The van der Waals surface area contributed by atoms with Gasteiger partial charge in [0.15, 0.2) is 15.0 Å². The molecule has 1 unspecified atom stereocenters. The largest absolute Gasteiger partial charge is 0.335 e. The van der Waals surface area contributed by atoms with E-state index >= 15 is 0 Å². The molecule has 104 valence electrons. The molecule has 0 saturated carbocycles. The normalized spacial score (nSPS) is 23.2. The lowest BCUT2D eigenvalue weighted by Crippen LogP contribution is -2.20. The Balaban J connectivity index is 2.11. The number of aliphatic imine (C=N–C) groups is 1. The topological polar surface area (TPSA) is 58.5 Å². The number of nitrogens with one attached hydrogen (secondary N) is 1. The summed E-state index contributed by atoms with van der Waals surface area (Å²) in [5, 5.41) is 4.13. The van der Waals surface area contributed by atoms with Gasteiger partial charge in [-0.2, -0.15) is 0 Å². The van der Waals surface area contributed by atoms with Crippen molar-refractivity contribution in [1.82, 2.24) is 0 Å². The van der Waals surface area contributed by atoms with E-state index in [4.69, 9.17) is 0 Å². The van der Waals surface area contributed by atoms with Crippen molar-refractivity contribution in [2.24, 2.45) is 4.99 Å². The average molecular weight is 298 g/mol. The predicted octanol–water partition coefficient (Wildman–Crippen LogP) is 2.77. The van der Waals surface area contributed by atoms with Gasteiger partial charge in [0.05, 0.1) is 10.4 Å². The lowest BCUT2D eigenvalue weighted by atomic mass is 10.0. The molecule has 0 aromatic heterocycles. The summed E-state index contributed by atoms with van der Waals surface area (Å²) in [7, 11) is -3.13. The molecule has 1 aliphatic heterocycles. The van der Waals surface area contributed by atoms with Gasteiger partial charge in [0, 0.05) is 17.7 Å². The number of anilines is 1. The lowest BCUT2D eigenvalue weighted by Gasteiger charge is -2.15. The first-order valence-corrected chi connectivity index (χ1v) is 9.00. The Morgan fingerprint density at radius 1 is 1.37 bits per heavy atom. The van der Waals surface area contributed by atoms with Crippen molar-refractivity contribution in [3.8, 4) is 0 Å². The highest BCUT2D eigenvalue weighted by Crippen LogP contribution is 2.30. The fraction of sp³-hybridized carbons (Fsp3) is 0.462. The Labute approximate surface area is 118 Å². The highest BCUT2D eigenvalue weighted by Gasteiger charge is 2.28. The van der Waals surface area contributed by atoms with Gasteiger partial charge in [0.2, 0.25) is 0 Å². The zero-order chi connectivity index (χ0) is 14.1. The molecule has 1 N–H and O–H groups in total. The van der Waals surface area contributed by atoms with Crippen LogP contribution in [0.25, 0.3) is 0 Å². The van der Waals surface area contributed by atoms with Crippen LogP contribution < -0.4 is 5.32 Å². The van der Waals surface area contributed by atoms with E-state index in [-0.39, 0.29) is 5.54 Å². The number of amidine groups is 1. The van der Waals surface area contributed by atoms with Crippen molar-refractivity contribution in [1.29, 1.82) is 0 Å². The van der Waals surface area contributed by atoms with Crippen molar-refractivity contribution in [3.05, 3.63) is 24.3 Å². The fourth-order valence-electron chi connectivity index (χ4n) is 1.69. The molecule has 4 nitrogen and oxygen atoms in total. The minimum atomic E-state index is -3.13. The molecule has 1 aromatic carbocycles. The molecule has 6 heteroatoms. The van der Waals surface area contributed by atoms with E-state index in [9.17, 15) is 8.42 Å². The van der Waals surface area contributed by atoms with Crippen LogP contribution in [0.2, 0.25) is 0 Å². The maximum absolute atomic E-state index is 11.4. The minimum Gasteiger partial charge on any atom is -0.335 e. The van der Waals surface area contributed by atoms with Crippen LogP contribution in [0.3, 0.4) is 0 Å². The summed E-state index contributed by atoms with van der Waals surface area (Å²) >= 11 is 1.70. The van der Waals surface area contributed by atoms with Crippen molar-refractivity contribution in [2.45, 2.75) is 30.7 Å². The smallest absolute Gasteiger partial charge is 0.175 e. The van der Waals surface area contributed by atoms with E-state index in [1.54, 1.807) is 36.0 Å². The van der Waals surface area contributed by atoms with Gasteiger partial charge >= 0.3 is 0 Å². The number of hydrogen-bond acceptors (Lipinski definition) is 5. The summed E-state index contributed by atoms with van der Waals surface area (Å²) in [6.45, 7) is 4.27. The first-order chi connectivity index (χ1) is 8.82. The van der Waals surface area contributed by atoms with E-state index in [1.807, 2.05) is 0 Å². The van der Waals surface area contributed by atoms with Gasteiger partial charge in [-0.1, -0.05) is 18.7 Å². The second kappa shape index (κ2) is 5.17. The molecular weight excluding hydrogens is 280 g/mol. The fourth-order valence-corrected chi connectivity index (χ4v) is 3.51. The molecule has 0 aliphatic carbocycles. The van der Waals surface area contributed by atoms with Crippen LogP contribution in [0.1, 0.15) is 20.3 Å². The van der Waals surface area contributed by atoms with Crippen LogP contribution >= 0.6 is 11.8 Å². The number of sulfone groups is 1. The number of hydrogen-bond donors (Lipinski definition) is 1. The van der Waals surface area contributed by atoms with Crippen LogP contribution in [-0.4, -0.2) is 31.1 Å². The number of rotatable bonds is 3. The zero-order valence-corrected chi connectivity index (χ0v) is 12.9. The molecule has 19 heavy (non-hydrogen) atoms. The van der Waals surface area contributed by atoms with E-state index in [0.717, 1.165) is 23.0 Å². The van der Waals surface area contributed by atoms with Crippen molar-refractivity contribution in [3.63, 3.8) is 0 Å². The van der Waals surface area contributed by atoms with Gasteiger partial charge < -0.3 is 5.32 Å². The van der Waals surface area contributed by atoms with Crippen molar-refractivity contribution in [2.75, 3.05) is 17.3 Å². The molecular formula is C13H18N2O2S2. The Kier molecular flexibility index (Phi) is 3.92. The average Bonchev–Trinajstić information content (AvgIpc) is 2.71. The summed E-state index contributed by atoms with van der Waals surface area (Å²) in [5.41, 5.74) is 0.874. The van der Waals surface area contributed by atoms with Crippen LogP contribution in [0.4, 0.5) is 5.69 Å². The van der Waals surface area contributed by atoms with Gasteiger partial charge in [0.25, 0.3) is 0 Å². The van der Waals surface area contributed by atoms with Crippen LogP contribution in [0, 0.1) is 0 Å². The first-order valence-electron chi connectivity index (χ1n) is 6.12. The first kappa shape index (κ1) is 14.4. The molecule has 1 atom stereocenters. The molecule has 0 amide bonds. The van der Waals surface area contributed by atoms with E-state index in [2.05, 4.69) is 24.2 Å². The quantitative estimate of drug-likeness (QED) is 0.932. The molecule has 1 aromatic rings. The van der Waals surface area contributed by atoms with Crippen molar-refractivity contribution >= 4 is 32.5 Å². The van der Waals surface area contributed by atoms with Gasteiger partial charge in [-0.15, -0.1) is 0 Å². The molecule has 0 spiro atoms. The monoisotopic (exact) mass is 298 g/mol. The number of benzene rings is 1. The molecule has 2 rings (SSSR count). The van der Waals surface area contributed by atoms with E-state index in [1.165, 1.54) is 6.26 Å². The van der Waals surface area contributed by atoms with Crippen LogP contribution in [0.5, 0.6) is 0 Å². The molecule has 0 radical (unpaired) electrons.